The highest BCUT2D eigenvalue weighted by Crippen LogP contribution is 2.34. The maximum Gasteiger partial charge on any atom is 0.358 e. The van der Waals surface area contributed by atoms with Gasteiger partial charge in [0.05, 0.1) is 6.04 Å². The first kappa shape index (κ1) is 18.7. The Bertz CT molecular complexity index is 851. The van der Waals surface area contributed by atoms with Crippen molar-refractivity contribution in [2.75, 3.05) is 25.3 Å². The molecule has 1 unspecified atom stereocenters. The highest BCUT2D eigenvalue weighted by atomic mass is 32.1. The second kappa shape index (κ2) is 8.54. The minimum absolute atomic E-state index is 0.156. The summed E-state index contributed by atoms with van der Waals surface area (Å²) in [5, 5.41) is 7.91. The second-order valence-corrected chi connectivity index (χ2v) is 6.54. The molecule has 1 aromatic heterocycles. The van der Waals surface area contributed by atoms with Crippen molar-refractivity contribution in [3.05, 3.63) is 47.5 Å². The average molecular weight is 389 g/mol. The van der Waals surface area contributed by atoms with Gasteiger partial charge in [0.25, 0.3) is 5.91 Å². The highest BCUT2D eigenvalue weighted by molar-refractivity contribution is 7.13. The van der Waals surface area contributed by atoms with Crippen LogP contribution in [0.25, 0.3) is 0 Å². The number of nitrogens with zero attached hydrogens (tertiary/aromatic N) is 1. The van der Waals surface area contributed by atoms with Crippen LogP contribution in [0.1, 0.15) is 29.0 Å². The molecule has 1 atom stereocenters. The predicted octanol–water partition coefficient (Wildman–Crippen LogP) is 2.50. The van der Waals surface area contributed by atoms with Gasteiger partial charge >= 0.3 is 5.97 Å². The van der Waals surface area contributed by atoms with Gasteiger partial charge in [-0.2, -0.15) is 0 Å². The zero-order valence-electron chi connectivity index (χ0n) is 14.7. The van der Waals surface area contributed by atoms with E-state index in [4.69, 9.17) is 14.2 Å². The zero-order valence-corrected chi connectivity index (χ0v) is 15.5. The van der Waals surface area contributed by atoms with E-state index in [1.807, 2.05) is 19.1 Å². The molecule has 0 fully saturated rings. The van der Waals surface area contributed by atoms with Crippen molar-refractivity contribution in [3.63, 3.8) is 0 Å². The van der Waals surface area contributed by atoms with Gasteiger partial charge in [0.15, 0.2) is 28.9 Å². The van der Waals surface area contributed by atoms with Gasteiger partial charge in [-0.05, 0) is 24.6 Å². The summed E-state index contributed by atoms with van der Waals surface area (Å²) < 4.78 is 15.6. The monoisotopic (exact) mass is 389 g/mol. The van der Waals surface area contributed by atoms with Crippen molar-refractivity contribution in [3.8, 4) is 11.5 Å². The Morgan fingerprint density at radius 2 is 2.22 bits per heavy atom. The highest BCUT2D eigenvalue weighted by Gasteiger charge is 2.18. The van der Waals surface area contributed by atoms with E-state index in [-0.39, 0.29) is 25.1 Å². The van der Waals surface area contributed by atoms with Crippen molar-refractivity contribution in [1.82, 2.24) is 10.3 Å². The summed E-state index contributed by atoms with van der Waals surface area (Å²) in [5.74, 6) is 0.262. The third-order valence-electron chi connectivity index (χ3n) is 3.72. The summed E-state index contributed by atoms with van der Waals surface area (Å²) in [5.41, 5.74) is 1.01. The van der Waals surface area contributed by atoms with E-state index >= 15 is 0 Å². The van der Waals surface area contributed by atoms with E-state index in [0.29, 0.717) is 23.2 Å². The van der Waals surface area contributed by atoms with Gasteiger partial charge < -0.3 is 24.8 Å². The minimum Gasteiger partial charge on any atom is -0.454 e. The van der Waals surface area contributed by atoms with Crippen LogP contribution in [0.15, 0.2) is 36.2 Å². The van der Waals surface area contributed by atoms with E-state index in [1.165, 1.54) is 11.3 Å². The molecular formula is C18H19N3O5S. The topological polar surface area (TPSA) is 98.8 Å². The molecular weight excluding hydrogens is 370 g/mol. The normalized spacial score (nSPS) is 12.9. The van der Waals surface area contributed by atoms with Crippen molar-refractivity contribution in [1.29, 1.82) is 0 Å². The molecule has 8 nitrogen and oxygen atoms in total. The third-order valence-corrected chi connectivity index (χ3v) is 4.52. The summed E-state index contributed by atoms with van der Waals surface area (Å²) in [6.07, 6.45) is 1.69. The van der Waals surface area contributed by atoms with E-state index in [2.05, 4.69) is 22.2 Å². The fraction of sp³-hybridized carbons (Fsp3) is 0.278. The molecule has 9 heteroatoms. The van der Waals surface area contributed by atoms with Crippen LogP contribution in [0.4, 0.5) is 5.13 Å². The molecule has 2 N–H and O–H groups in total. The molecule has 27 heavy (non-hydrogen) atoms. The Labute approximate surface area is 160 Å². The summed E-state index contributed by atoms with van der Waals surface area (Å²) in [6, 6.07) is 5.17. The number of hydrogen-bond acceptors (Lipinski definition) is 8. The van der Waals surface area contributed by atoms with Crippen molar-refractivity contribution in [2.24, 2.45) is 0 Å². The van der Waals surface area contributed by atoms with E-state index < -0.39 is 11.9 Å². The van der Waals surface area contributed by atoms with E-state index in [0.717, 1.165) is 5.56 Å². The van der Waals surface area contributed by atoms with Gasteiger partial charge in [0.2, 0.25) is 6.79 Å². The SMILES string of the molecule is C=CCNc1nc(C(=O)OCC(=O)NC(C)c2ccc3c(c2)OCO3)cs1. The smallest absolute Gasteiger partial charge is 0.358 e. The molecule has 0 aliphatic carbocycles. The Balaban J connectivity index is 1.48. The Morgan fingerprint density at radius 3 is 3.04 bits per heavy atom. The maximum atomic E-state index is 12.1. The predicted molar refractivity (Wildman–Crippen MR) is 100 cm³/mol. The molecule has 142 valence electrons. The van der Waals surface area contributed by atoms with Crippen LogP contribution in [0.2, 0.25) is 0 Å². The number of carbonyl (C=O) groups is 2. The van der Waals surface area contributed by atoms with Gasteiger partial charge in [-0.25, -0.2) is 9.78 Å². The van der Waals surface area contributed by atoms with E-state index in [9.17, 15) is 9.59 Å². The van der Waals surface area contributed by atoms with Crippen LogP contribution in [0.5, 0.6) is 11.5 Å². The first-order valence-corrected chi connectivity index (χ1v) is 9.11. The lowest BCUT2D eigenvalue weighted by molar-refractivity contribution is -0.124. The third kappa shape index (κ3) is 4.76. The molecule has 0 saturated heterocycles. The molecule has 1 aliphatic heterocycles. The fourth-order valence-electron chi connectivity index (χ4n) is 2.36. The maximum absolute atomic E-state index is 12.1. The lowest BCUT2D eigenvalue weighted by Crippen LogP contribution is -2.31. The molecule has 0 saturated carbocycles. The number of hydrogen-bond donors (Lipinski definition) is 2. The lowest BCUT2D eigenvalue weighted by atomic mass is 10.1. The number of ether oxygens (including phenoxy) is 3. The number of carbonyl (C=O) groups excluding carboxylic acids is 2. The average Bonchev–Trinajstić information content (AvgIpc) is 3.32. The number of esters is 1. The Morgan fingerprint density at radius 1 is 1.41 bits per heavy atom. The molecule has 1 aliphatic rings. The molecule has 0 bridgehead atoms. The summed E-state index contributed by atoms with van der Waals surface area (Å²) in [7, 11) is 0. The molecule has 1 amide bonds. The quantitative estimate of drug-likeness (QED) is 0.529. The Hall–Kier alpha value is -3.07. The number of amides is 1. The van der Waals surface area contributed by atoms with Gasteiger partial charge in [0.1, 0.15) is 0 Å². The molecule has 0 radical (unpaired) electrons. The number of nitrogens with one attached hydrogen (secondary N) is 2. The fourth-order valence-corrected chi connectivity index (χ4v) is 3.05. The van der Waals surface area contributed by atoms with Crippen molar-refractivity contribution >= 4 is 28.3 Å². The van der Waals surface area contributed by atoms with E-state index in [1.54, 1.807) is 17.5 Å². The lowest BCUT2D eigenvalue weighted by Gasteiger charge is -2.14. The van der Waals surface area contributed by atoms with Crippen LogP contribution >= 0.6 is 11.3 Å². The van der Waals surface area contributed by atoms with Gasteiger partial charge in [-0.1, -0.05) is 12.1 Å². The van der Waals surface area contributed by atoms with Gasteiger partial charge in [-0.15, -0.1) is 17.9 Å². The largest absolute Gasteiger partial charge is 0.454 e. The number of thiazole rings is 1. The first-order valence-electron chi connectivity index (χ1n) is 8.23. The van der Waals surface area contributed by atoms with Gasteiger partial charge in [-0.3, -0.25) is 4.79 Å². The number of rotatable bonds is 8. The Kier molecular flexibility index (Phi) is 5.92. The number of fused-ring (bicyclic) bond motifs is 1. The second-order valence-electron chi connectivity index (χ2n) is 5.69. The molecule has 2 heterocycles. The number of aromatic nitrogens is 1. The van der Waals surface area contributed by atoms with Crippen molar-refractivity contribution < 1.29 is 23.8 Å². The standard InChI is InChI=1S/C18H19N3O5S/c1-3-6-19-18-21-13(9-27-18)17(23)24-8-16(22)20-11(2)12-4-5-14-15(7-12)26-10-25-14/h3-5,7,9,11H,1,6,8,10H2,2H3,(H,19,21)(H,20,22). The first-order chi connectivity index (χ1) is 13.1. The van der Waals surface area contributed by atoms with Crippen LogP contribution in [-0.2, 0) is 9.53 Å². The summed E-state index contributed by atoms with van der Waals surface area (Å²) in [6.45, 7) is 5.77. The van der Waals surface area contributed by atoms with Gasteiger partial charge in [0, 0.05) is 11.9 Å². The minimum atomic E-state index is -0.649. The van der Waals surface area contributed by atoms with Crippen LogP contribution in [0.3, 0.4) is 0 Å². The zero-order chi connectivity index (χ0) is 19.2. The summed E-state index contributed by atoms with van der Waals surface area (Å²) >= 11 is 1.28. The van der Waals surface area contributed by atoms with Crippen LogP contribution in [0, 0.1) is 0 Å². The van der Waals surface area contributed by atoms with Crippen molar-refractivity contribution in [2.45, 2.75) is 13.0 Å². The molecule has 0 spiro atoms. The number of anilines is 1. The van der Waals surface area contributed by atoms with Crippen LogP contribution < -0.4 is 20.1 Å². The van der Waals surface area contributed by atoms with Crippen LogP contribution in [-0.4, -0.2) is 36.8 Å². The number of benzene rings is 1. The molecule has 2 aromatic rings. The molecule has 1 aromatic carbocycles. The summed E-state index contributed by atoms with van der Waals surface area (Å²) in [4.78, 5) is 28.1. The molecule has 3 rings (SSSR count).